The summed E-state index contributed by atoms with van der Waals surface area (Å²) < 4.78 is 7.21. The summed E-state index contributed by atoms with van der Waals surface area (Å²) in [4.78, 5) is 33.6. The summed E-state index contributed by atoms with van der Waals surface area (Å²) in [5.74, 6) is 0.706. The molecule has 1 aliphatic rings. The van der Waals surface area contributed by atoms with Crippen molar-refractivity contribution in [3.63, 3.8) is 0 Å². The van der Waals surface area contributed by atoms with Crippen molar-refractivity contribution < 1.29 is 4.74 Å². The number of hydrogen-bond donors (Lipinski definition) is 2. The third kappa shape index (κ3) is 2.78. The van der Waals surface area contributed by atoms with Gasteiger partial charge < -0.3 is 9.72 Å². The fraction of sp³-hybridized carbons (Fsp3) is 0.643. The molecule has 0 spiro atoms. The fourth-order valence-electron chi connectivity index (χ4n) is 2.80. The molecule has 1 aliphatic heterocycles. The van der Waals surface area contributed by atoms with Crippen molar-refractivity contribution in [3.8, 4) is 0 Å². The molecule has 7 heteroatoms. The number of aromatic nitrogens is 4. The Bertz CT molecular complexity index is 737. The summed E-state index contributed by atoms with van der Waals surface area (Å²) >= 11 is 0. The summed E-state index contributed by atoms with van der Waals surface area (Å²) in [6.07, 6.45) is 4.86. The van der Waals surface area contributed by atoms with E-state index in [-0.39, 0.29) is 6.10 Å². The quantitative estimate of drug-likeness (QED) is 0.877. The van der Waals surface area contributed by atoms with Crippen LogP contribution in [0.5, 0.6) is 0 Å². The number of ether oxygens (including phenoxy) is 1. The Labute approximate surface area is 121 Å². The highest BCUT2D eigenvalue weighted by Crippen LogP contribution is 2.17. The molecule has 1 fully saturated rings. The molecule has 2 aromatic heterocycles. The fourth-order valence-corrected chi connectivity index (χ4v) is 2.80. The van der Waals surface area contributed by atoms with Crippen LogP contribution in [-0.4, -0.2) is 32.2 Å². The molecule has 2 N–H and O–H groups in total. The topological polar surface area (TPSA) is 92.8 Å². The second kappa shape index (κ2) is 5.85. The Kier molecular flexibility index (Phi) is 3.92. The average molecular weight is 292 g/mol. The van der Waals surface area contributed by atoms with Crippen LogP contribution in [0.3, 0.4) is 0 Å². The van der Waals surface area contributed by atoms with E-state index in [2.05, 4.69) is 15.0 Å². The van der Waals surface area contributed by atoms with Crippen molar-refractivity contribution >= 4 is 11.2 Å². The van der Waals surface area contributed by atoms with Gasteiger partial charge >= 0.3 is 5.69 Å². The predicted octanol–water partition coefficient (Wildman–Crippen LogP) is 0.934. The van der Waals surface area contributed by atoms with Crippen molar-refractivity contribution in [2.75, 3.05) is 6.61 Å². The molecule has 21 heavy (non-hydrogen) atoms. The molecule has 0 bridgehead atoms. The number of H-pyrrole nitrogens is 2. The van der Waals surface area contributed by atoms with Crippen LogP contribution in [-0.2, 0) is 17.7 Å². The van der Waals surface area contributed by atoms with Crippen LogP contribution in [0.1, 0.15) is 38.4 Å². The van der Waals surface area contributed by atoms with Crippen molar-refractivity contribution in [2.24, 2.45) is 0 Å². The van der Waals surface area contributed by atoms with Gasteiger partial charge in [-0.3, -0.25) is 14.3 Å². The monoisotopic (exact) mass is 292 g/mol. The lowest BCUT2D eigenvalue weighted by molar-refractivity contribution is 0.0158. The van der Waals surface area contributed by atoms with Gasteiger partial charge in [0.2, 0.25) is 0 Å². The lowest BCUT2D eigenvalue weighted by Crippen LogP contribution is -2.30. The van der Waals surface area contributed by atoms with Crippen molar-refractivity contribution in [3.05, 3.63) is 26.7 Å². The summed E-state index contributed by atoms with van der Waals surface area (Å²) in [6.45, 7) is 3.30. The lowest BCUT2D eigenvalue weighted by Gasteiger charge is -2.21. The van der Waals surface area contributed by atoms with Crippen LogP contribution in [0.2, 0.25) is 0 Å². The number of nitrogens with zero attached hydrogens (tertiary/aromatic N) is 2. The first-order valence-electron chi connectivity index (χ1n) is 7.52. The second-order valence-electron chi connectivity index (χ2n) is 5.49. The van der Waals surface area contributed by atoms with Gasteiger partial charge in [0.15, 0.2) is 5.65 Å². The van der Waals surface area contributed by atoms with Crippen LogP contribution < -0.4 is 11.2 Å². The number of aryl methyl sites for hydroxylation is 1. The zero-order valence-corrected chi connectivity index (χ0v) is 12.1. The molecular weight excluding hydrogens is 272 g/mol. The highest BCUT2D eigenvalue weighted by molar-refractivity contribution is 5.69. The minimum atomic E-state index is -0.411. The Morgan fingerprint density at radius 1 is 1.33 bits per heavy atom. The normalized spacial score (nSPS) is 19.2. The smallest absolute Gasteiger partial charge is 0.330 e. The molecule has 0 radical (unpaired) electrons. The van der Waals surface area contributed by atoms with Gasteiger partial charge in [-0.1, -0.05) is 6.92 Å². The van der Waals surface area contributed by atoms with Crippen LogP contribution in [0.15, 0.2) is 9.59 Å². The minimum Gasteiger partial charge on any atom is -0.378 e. The number of imidazole rings is 1. The van der Waals surface area contributed by atoms with Gasteiger partial charge in [0.25, 0.3) is 5.56 Å². The Hall–Kier alpha value is -1.89. The molecule has 1 unspecified atom stereocenters. The Morgan fingerprint density at radius 2 is 2.19 bits per heavy atom. The third-order valence-electron chi connectivity index (χ3n) is 3.82. The first-order valence-corrected chi connectivity index (χ1v) is 7.52. The summed E-state index contributed by atoms with van der Waals surface area (Å²) in [7, 11) is 0. The van der Waals surface area contributed by atoms with E-state index < -0.39 is 11.2 Å². The SMILES string of the molecule is CCCn1c(=O)[nH]c(=O)c2[nH]c(CC3CCCCO3)nc21. The maximum absolute atomic E-state index is 11.9. The van der Waals surface area contributed by atoms with Gasteiger partial charge in [-0.05, 0) is 25.7 Å². The Balaban J connectivity index is 1.98. The van der Waals surface area contributed by atoms with E-state index in [4.69, 9.17) is 4.74 Å². The summed E-state index contributed by atoms with van der Waals surface area (Å²) in [6, 6.07) is 0. The van der Waals surface area contributed by atoms with Gasteiger partial charge in [-0.2, -0.15) is 0 Å². The number of aromatic amines is 2. The van der Waals surface area contributed by atoms with Crippen LogP contribution >= 0.6 is 0 Å². The van der Waals surface area contributed by atoms with Crippen molar-refractivity contribution in [2.45, 2.75) is 51.7 Å². The van der Waals surface area contributed by atoms with Crippen LogP contribution in [0.4, 0.5) is 0 Å². The van der Waals surface area contributed by atoms with E-state index in [0.717, 1.165) is 32.3 Å². The lowest BCUT2D eigenvalue weighted by atomic mass is 10.1. The standard InChI is InChI=1S/C14H20N4O3/c1-2-6-18-12-11(13(19)17-14(18)20)15-10(16-12)8-9-5-3-4-7-21-9/h9H,2-8H2,1H3,(H,15,16)(H,17,19,20). The maximum Gasteiger partial charge on any atom is 0.330 e. The van der Waals surface area contributed by atoms with Crippen LogP contribution in [0, 0.1) is 0 Å². The van der Waals surface area contributed by atoms with Gasteiger partial charge in [0.1, 0.15) is 11.3 Å². The number of nitrogens with one attached hydrogen (secondary N) is 2. The van der Waals surface area contributed by atoms with Crippen LogP contribution in [0.25, 0.3) is 11.2 Å². The van der Waals surface area contributed by atoms with Gasteiger partial charge in [0, 0.05) is 19.6 Å². The summed E-state index contributed by atoms with van der Waals surface area (Å²) in [5, 5.41) is 0. The van der Waals surface area contributed by atoms with E-state index in [9.17, 15) is 9.59 Å². The maximum atomic E-state index is 11.9. The molecule has 3 heterocycles. The van der Waals surface area contributed by atoms with E-state index in [1.165, 1.54) is 4.57 Å². The molecule has 2 aromatic rings. The van der Waals surface area contributed by atoms with E-state index >= 15 is 0 Å². The first kappa shape index (κ1) is 14.1. The molecule has 0 aromatic carbocycles. The molecule has 7 nitrogen and oxygen atoms in total. The van der Waals surface area contributed by atoms with Gasteiger partial charge in [0.05, 0.1) is 6.10 Å². The third-order valence-corrected chi connectivity index (χ3v) is 3.82. The van der Waals surface area contributed by atoms with E-state index in [1.807, 2.05) is 6.92 Å². The highest BCUT2D eigenvalue weighted by atomic mass is 16.5. The first-order chi connectivity index (χ1) is 10.2. The second-order valence-corrected chi connectivity index (χ2v) is 5.49. The number of hydrogen-bond acceptors (Lipinski definition) is 4. The Morgan fingerprint density at radius 3 is 2.90 bits per heavy atom. The molecule has 0 amide bonds. The van der Waals surface area contributed by atoms with Gasteiger partial charge in [-0.25, -0.2) is 9.78 Å². The highest BCUT2D eigenvalue weighted by Gasteiger charge is 2.18. The number of fused-ring (bicyclic) bond motifs is 1. The zero-order chi connectivity index (χ0) is 14.8. The van der Waals surface area contributed by atoms with E-state index in [0.29, 0.717) is 30.0 Å². The average Bonchev–Trinajstić information content (AvgIpc) is 2.89. The molecule has 0 saturated carbocycles. The zero-order valence-electron chi connectivity index (χ0n) is 12.1. The minimum absolute atomic E-state index is 0.143. The van der Waals surface area contributed by atoms with Crippen molar-refractivity contribution in [1.82, 2.24) is 19.5 Å². The van der Waals surface area contributed by atoms with E-state index in [1.54, 1.807) is 0 Å². The number of rotatable bonds is 4. The van der Waals surface area contributed by atoms with Crippen molar-refractivity contribution in [1.29, 1.82) is 0 Å². The van der Waals surface area contributed by atoms with Gasteiger partial charge in [-0.15, -0.1) is 0 Å². The molecule has 1 atom stereocenters. The summed E-state index contributed by atoms with van der Waals surface area (Å²) in [5.41, 5.74) is -0.00255. The largest absolute Gasteiger partial charge is 0.378 e. The molecule has 3 rings (SSSR count). The molecule has 114 valence electrons. The molecular formula is C14H20N4O3. The molecule has 0 aliphatic carbocycles. The predicted molar refractivity (Wildman–Crippen MR) is 78.6 cm³/mol. The molecule has 1 saturated heterocycles.